The van der Waals surface area contributed by atoms with Crippen molar-refractivity contribution in [1.82, 2.24) is 5.32 Å². The number of benzene rings is 1. The molecule has 1 aromatic carbocycles. The monoisotopic (exact) mass is 263 g/mol. The first-order valence-electron chi connectivity index (χ1n) is 6.32. The average Bonchev–Trinajstić information content (AvgIpc) is 2.26. The van der Waals surface area contributed by atoms with Crippen molar-refractivity contribution in [2.24, 2.45) is 5.41 Å². The van der Waals surface area contributed by atoms with E-state index in [1.165, 1.54) is 6.07 Å². The maximum atomic E-state index is 12.0. The molecule has 0 spiro atoms. The van der Waals surface area contributed by atoms with Gasteiger partial charge in [0.15, 0.2) is 0 Å². The summed E-state index contributed by atoms with van der Waals surface area (Å²) in [7, 11) is 0. The minimum absolute atomic E-state index is 0.140. The summed E-state index contributed by atoms with van der Waals surface area (Å²) in [5.74, 6) is -1.25. The molecule has 1 amide bonds. The van der Waals surface area contributed by atoms with E-state index in [-0.39, 0.29) is 16.9 Å². The second kappa shape index (κ2) is 5.87. The van der Waals surface area contributed by atoms with Crippen molar-refractivity contribution in [3.05, 3.63) is 34.9 Å². The first-order chi connectivity index (χ1) is 8.69. The van der Waals surface area contributed by atoms with E-state index in [1.54, 1.807) is 19.1 Å². The number of rotatable bonds is 4. The predicted molar refractivity (Wildman–Crippen MR) is 74.5 cm³/mol. The largest absolute Gasteiger partial charge is 0.478 e. The highest BCUT2D eigenvalue weighted by molar-refractivity contribution is 5.97. The Morgan fingerprint density at radius 3 is 2.26 bits per heavy atom. The lowest BCUT2D eigenvalue weighted by Crippen LogP contribution is -2.27. The summed E-state index contributed by atoms with van der Waals surface area (Å²) in [6, 6.07) is 4.65. The van der Waals surface area contributed by atoms with Gasteiger partial charge in [0.1, 0.15) is 0 Å². The number of carbonyl (C=O) groups is 2. The van der Waals surface area contributed by atoms with Crippen LogP contribution in [0.1, 0.15) is 53.5 Å². The molecule has 1 aromatic rings. The van der Waals surface area contributed by atoms with Crippen LogP contribution in [0, 0.1) is 12.3 Å². The van der Waals surface area contributed by atoms with Crippen molar-refractivity contribution in [1.29, 1.82) is 0 Å². The summed E-state index contributed by atoms with van der Waals surface area (Å²) >= 11 is 0. The van der Waals surface area contributed by atoms with Crippen LogP contribution in [0.5, 0.6) is 0 Å². The van der Waals surface area contributed by atoms with Crippen LogP contribution < -0.4 is 5.32 Å². The van der Waals surface area contributed by atoms with Crippen LogP contribution in [-0.4, -0.2) is 23.5 Å². The topological polar surface area (TPSA) is 66.4 Å². The molecule has 19 heavy (non-hydrogen) atoms. The maximum absolute atomic E-state index is 12.0. The van der Waals surface area contributed by atoms with Crippen molar-refractivity contribution in [3.63, 3.8) is 0 Å². The van der Waals surface area contributed by atoms with Crippen LogP contribution in [0.15, 0.2) is 18.2 Å². The Morgan fingerprint density at radius 1 is 1.16 bits per heavy atom. The van der Waals surface area contributed by atoms with Crippen LogP contribution in [-0.2, 0) is 0 Å². The molecule has 1 rings (SSSR count). The number of hydrogen-bond acceptors (Lipinski definition) is 2. The fourth-order valence-corrected chi connectivity index (χ4v) is 1.69. The predicted octanol–water partition coefficient (Wildman–Crippen LogP) is 2.86. The summed E-state index contributed by atoms with van der Waals surface area (Å²) < 4.78 is 0. The summed E-state index contributed by atoms with van der Waals surface area (Å²) in [6.45, 7) is 8.67. The molecule has 0 fully saturated rings. The van der Waals surface area contributed by atoms with Gasteiger partial charge in [-0.25, -0.2) is 4.79 Å². The molecule has 4 heteroatoms. The van der Waals surface area contributed by atoms with Crippen LogP contribution >= 0.6 is 0 Å². The lowest BCUT2D eigenvalue weighted by molar-refractivity contribution is 0.0696. The fraction of sp³-hybridized carbons (Fsp3) is 0.467. The van der Waals surface area contributed by atoms with E-state index in [9.17, 15) is 9.59 Å². The molecule has 0 aliphatic carbocycles. The molecule has 4 nitrogen and oxygen atoms in total. The molecule has 0 unspecified atom stereocenters. The van der Waals surface area contributed by atoms with Crippen LogP contribution in [0.3, 0.4) is 0 Å². The van der Waals surface area contributed by atoms with Crippen LogP contribution in [0.2, 0.25) is 0 Å². The highest BCUT2D eigenvalue weighted by atomic mass is 16.4. The first-order valence-corrected chi connectivity index (χ1v) is 6.32. The van der Waals surface area contributed by atoms with E-state index in [1.807, 2.05) is 0 Å². The number of aryl methyl sites for hydroxylation is 1. The first kappa shape index (κ1) is 15.2. The Labute approximate surface area is 113 Å². The summed E-state index contributed by atoms with van der Waals surface area (Å²) in [6.07, 6.45) is 0.871. The van der Waals surface area contributed by atoms with Gasteiger partial charge in [-0.2, -0.15) is 0 Å². The smallest absolute Gasteiger partial charge is 0.335 e. The standard InChI is InChI=1S/C15H21NO3/c1-10-7-11(9-12(8-10)14(18)19)13(17)16-6-5-15(2,3)4/h7-9H,5-6H2,1-4H3,(H,16,17)(H,18,19). The van der Waals surface area contributed by atoms with Gasteiger partial charge >= 0.3 is 5.97 Å². The van der Waals surface area contributed by atoms with Gasteiger partial charge in [0, 0.05) is 12.1 Å². The molecular formula is C15H21NO3. The van der Waals surface area contributed by atoms with Crippen LogP contribution in [0.4, 0.5) is 0 Å². The van der Waals surface area contributed by atoms with E-state index in [0.717, 1.165) is 12.0 Å². The van der Waals surface area contributed by atoms with Crippen molar-refractivity contribution in [2.75, 3.05) is 6.54 Å². The molecule has 0 saturated heterocycles. The number of carboxylic acid groups (broad SMARTS) is 1. The van der Waals surface area contributed by atoms with Crippen LogP contribution in [0.25, 0.3) is 0 Å². The minimum Gasteiger partial charge on any atom is -0.478 e. The summed E-state index contributed by atoms with van der Waals surface area (Å²) in [4.78, 5) is 22.9. The number of amides is 1. The SMILES string of the molecule is Cc1cc(C(=O)O)cc(C(=O)NCCC(C)(C)C)c1. The van der Waals surface area contributed by atoms with Gasteiger partial charge in [-0.1, -0.05) is 20.8 Å². The third kappa shape index (κ3) is 5.12. The lowest BCUT2D eigenvalue weighted by Gasteiger charge is -2.18. The molecular weight excluding hydrogens is 242 g/mol. The Morgan fingerprint density at radius 2 is 1.74 bits per heavy atom. The molecule has 104 valence electrons. The fourth-order valence-electron chi connectivity index (χ4n) is 1.69. The molecule has 0 aliphatic rings. The molecule has 2 N–H and O–H groups in total. The van der Waals surface area contributed by atoms with Crippen molar-refractivity contribution < 1.29 is 14.7 Å². The normalized spacial score (nSPS) is 11.2. The Hall–Kier alpha value is -1.84. The second-order valence-electron chi connectivity index (χ2n) is 5.96. The number of hydrogen-bond donors (Lipinski definition) is 2. The van der Waals surface area contributed by atoms with Gasteiger partial charge < -0.3 is 10.4 Å². The summed E-state index contributed by atoms with van der Waals surface area (Å²) in [5, 5.41) is 11.8. The van der Waals surface area contributed by atoms with E-state index >= 15 is 0 Å². The minimum atomic E-state index is -1.02. The van der Waals surface area contributed by atoms with Gasteiger partial charge in [-0.15, -0.1) is 0 Å². The van der Waals surface area contributed by atoms with Crippen molar-refractivity contribution in [2.45, 2.75) is 34.1 Å². The second-order valence-corrected chi connectivity index (χ2v) is 5.96. The number of carboxylic acids is 1. The van der Waals surface area contributed by atoms with Gasteiger partial charge in [0.2, 0.25) is 0 Å². The molecule has 0 saturated carbocycles. The number of aromatic carboxylic acids is 1. The number of carbonyl (C=O) groups excluding carboxylic acids is 1. The Kier molecular flexibility index (Phi) is 4.70. The highest BCUT2D eigenvalue weighted by Gasteiger charge is 2.13. The zero-order chi connectivity index (χ0) is 14.6. The zero-order valence-electron chi connectivity index (χ0n) is 11.9. The Bertz CT molecular complexity index is 487. The maximum Gasteiger partial charge on any atom is 0.335 e. The van der Waals surface area contributed by atoms with Gasteiger partial charge in [0.25, 0.3) is 5.91 Å². The number of nitrogens with one attached hydrogen (secondary N) is 1. The quantitative estimate of drug-likeness (QED) is 0.877. The summed E-state index contributed by atoms with van der Waals surface area (Å²) in [5.41, 5.74) is 1.46. The lowest BCUT2D eigenvalue weighted by atomic mass is 9.92. The zero-order valence-corrected chi connectivity index (χ0v) is 11.9. The van der Waals surface area contributed by atoms with Crippen molar-refractivity contribution in [3.8, 4) is 0 Å². The van der Waals surface area contributed by atoms with E-state index in [0.29, 0.717) is 12.1 Å². The average molecular weight is 263 g/mol. The molecule has 0 atom stereocenters. The van der Waals surface area contributed by atoms with Gasteiger partial charge in [-0.3, -0.25) is 4.79 Å². The third-order valence-corrected chi connectivity index (χ3v) is 2.75. The molecule has 0 aliphatic heterocycles. The Balaban J connectivity index is 2.74. The molecule has 0 aromatic heterocycles. The van der Waals surface area contributed by atoms with Gasteiger partial charge in [0.05, 0.1) is 5.56 Å². The van der Waals surface area contributed by atoms with Gasteiger partial charge in [-0.05, 0) is 42.5 Å². The highest BCUT2D eigenvalue weighted by Crippen LogP contribution is 2.17. The molecule has 0 heterocycles. The third-order valence-electron chi connectivity index (χ3n) is 2.75. The van der Waals surface area contributed by atoms with E-state index in [4.69, 9.17) is 5.11 Å². The molecule has 0 radical (unpaired) electrons. The van der Waals surface area contributed by atoms with E-state index < -0.39 is 5.97 Å². The van der Waals surface area contributed by atoms with Crippen molar-refractivity contribution >= 4 is 11.9 Å². The molecule has 0 bridgehead atoms. The van der Waals surface area contributed by atoms with E-state index in [2.05, 4.69) is 26.1 Å².